The van der Waals surface area contributed by atoms with Gasteiger partial charge >= 0.3 is 0 Å². The van der Waals surface area contributed by atoms with Gasteiger partial charge in [-0.2, -0.15) is 0 Å². The van der Waals surface area contributed by atoms with E-state index in [0.717, 1.165) is 266 Å². The van der Waals surface area contributed by atoms with Crippen LogP contribution >= 0.6 is 34.0 Å². The van der Waals surface area contributed by atoms with Crippen LogP contribution in [0.3, 0.4) is 0 Å². The second-order valence-electron chi connectivity index (χ2n) is 35.8. The van der Waals surface area contributed by atoms with E-state index >= 15 is 0 Å². The number of Topliss-reactive ketones (excluding diaryl/α,β-unsaturated/α-hetero) is 1. The van der Waals surface area contributed by atoms with E-state index in [0.29, 0.717) is 77.2 Å². The fourth-order valence-electron chi connectivity index (χ4n) is 20.0. The number of fused-ring (bicyclic) bond motifs is 3. The fourth-order valence-corrected chi connectivity index (χ4v) is 27.0. The van der Waals surface area contributed by atoms with Gasteiger partial charge in [0.1, 0.15) is 5.78 Å². The zero-order valence-corrected chi connectivity index (χ0v) is 77.9. The van der Waals surface area contributed by atoms with Gasteiger partial charge in [-0.1, -0.05) is 54.6 Å². The highest BCUT2D eigenvalue weighted by Crippen LogP contribution is 2.46. The van der Waals surface area contributed by atoms with E-state index in [4.69, 9.17) is 39.1 Å². The summed E-state index contributed by atoms with van der Waals surface area (Å²) in [5.41, 5.74) is 9.75. The molecule has 6 aliphatic heterocycles. The average Bonchev–Trinajstić information content (AvgIpc) is 1.60. The molecule has 127 heavy (non-hydrogen) atoms. The molecule has 12 aromatic rings. The van der Waals surface area contributed by atoms with Crippen molar-refractivity contribution in [2.24, 2.45) is 0 Å². The number of pyridine rings is 3. The first-order chi connectivity index (χ1) is 61.8. The molecule has 1 N–H and O–H groups in total. The number of aromatic nitrogens is 9. The van der Waals surface area contributed by atoms with Crippen molar-refractivity contribution in [3.8, 4) is 33.8 Å². The normalized spacial score (nSPS) is 22.1. The molecule has 9 aromatic heterocycles. The summed E-state index contributed by atoms with van der Waals surface area (Å²) in [7, 11) is -4.99. The van der Waals surface area contributed by atoms with Crippen molar-refractivity contribution >= 4 is 103 Å². The number of hydrogen-bond acceptors (Lipinski definition) is 25. The molecule has 6 saturated heterocycles. The lowest BCUT2D eigenvalue weighted by atomic mass is 9.81. The van der Waals surface area contributed by atoms with Crippen LogP contribution in [0.4, 0.5) is 0 Å². The van der Waals surface area contributed by atoms with Crippen LogP contribution in [0.25, 0.3) is 66.9 Å². The predicted molar refractivity (Wildman–Crippen MR) is 503 cm³/mol. The van der Waals surface area contributed by atoms with Crippen molar-refractivity contribution in [3.63, 3.8) is 0 Å². The number of thiazole rings is 3. The summed E-state index contributed by atoms with van der Waals surface area (Å²) in [5, 5.41) is 15.3. The predicted octanol–water partition coefficient (Wildman–Crippen LogP) is 16.2. The summed E-state index contributed by atoms with van der Waals surface area (Å²) in [6, 6.07) is 33.4. The maximum absolute atomic E-state index is 13.8. The molecule has 21 rings (SSSR count). The number of hydrogen-bond donors (Lipinski definition) is 1. The van der Waals surface area contributed by atoms with Gasteiger partial charge in [-0.15, -0.1) is 34.0 Å². The van der Waals surface area contributed by atoms with Crippen LogP contribution in [0, 0.1) is 0 Å². The molecular weight excluding hydrogens is 1720 g/mol. The number of carbonyl (C=O) groups is 1. The first-order valence-corrected chi connectivity index (χ1v) is 52.6. The zero-order chi connectivity index (χ0) is 87.2. The molecule has 0 radical (unpaired) electrons. The van der Waals surface area contributed by atoms with E-state index in [9.17, 15) is 30.0 Å². The molecule has 672 valence electrons. The molecule has 25 nitrogen and oxygen atoms in total. The van der Waals surface area contributed by atoms with Crippen LogP contribution in [0.15, 0.2) is 177 Å². The summed E-state index contributed by atoms with van der Waals surface area (Å²) in [6.45, 7) is 17.7. The molecule has 9 fully saturated rings. The van der Waals surface area contributed by atoms with Crippen molar-refractivity contribution in [1.82, 2.24) is 71.6 Å². The summed E-state index contributed by atoms with van der Waals surface area (Å²) in [5.74, 6) is 2.76. The van der Waals surface area contributed by atoms with Gasteiger partial charge < -0.3 is 34.2 Å². The van der Waals surface area contributed by atoms with Crippen molar-refractivity contribution < 1.29 is 44.3 Å². The second-order valence-corrected chi connectivity index (χ2v) is 43.9. The van der Waals surface area contributed by atoms with Crippen LogP contribution < -0.4 is 5.32 Å². The first kappa shape index (κ1) is 89.4. The van der Waals surface area contributed by atoms with E-state index in [1.54, 1.807) is 138 Å². The number of benzene rings is 3. The fraction of sp³-hybridized carbons (Fsp3) is 0.490. The van der Waals surface area contributed by atoms with Gasteiger partial charge in [-0.25, -0.2) is 67.1 Å². The summed E-state index contributed by atoms with van der Waals surface area (Å²) in [6.07, 6.45) is 29.3. The quantitative estimate of drug-likeness (QED) is 0.0887. The molecule has 3 saturated carbocycles. The largest absolute Gasteiger partial charge is 0.379 e. The number of piperidine rings is 3. The molecule has 0 bridgehead atoms. The van der Waals surface area contributed by atoms with Crippen molar-refractivity contribution in [3.05, 3.63) is 194 Å². The second kappa shape index (κ2) is 40.2. The van der Waals surface area contributed by atoms with Gasteiger partial charge in [-0.3, -0.25) is 14.6 Å². The number of nitrogens with zero attached hydrogens (tertiary/aromatic N) is 14. The molecule has 0 atom stereocenters. The molecule has 0 unspecified atom stereocenters. The standard InChI is InChI=1S/2C32H39N5O3S2.C28H30N4O3S2.C4H9NO/c2*1-35-13-11-24(12-14-35)32-34-30(22-41-32)29-21-37(42(38,39)27-5-3-2-4-6-27)31-28(29)19-25(20-33-31)23-7-9-26(10-8-23)36-15-17-40-18-16-36;1-31-13-11-20(12-14-31)28-30-26(18-36-28)25-17-32(37(34,35)23-5-3-2-4-6-23)27-24(25)15-21(16-29-27)19-7-9-22(33)10-8-19;1-3-6-4-2-5-1/h2*2-6,19-24,26H,7-18H2,1H3;2-6,15-20H,7-14H2,1H3;5H,1-4H2. The Kier molecular flexibility index (Phi) is 28.3. The summed E-state index contributed by atoms with van der Waals surface area (Å²) in [4.78, 5) is 54.4. The lowest BCUT2D eigenvalue weighted by Crippen LogP contribution is -2.44. The highest BCUT2D eigenvalue weighted by atomic mass is 32.2. The Bertz CT molecular complexity index is 5820. The Labute approximate surface area is 758 Å². The molecule has 31 heteroatoms. The van der Waals surface area contributed by atoms with Crippen LogP contribution in [0.1, 0.15) is 183 Å². The number of morpholine rings is 3. The van der Waals surface area contributed by atoms with Gasteiger partial charge in [0.05, 0.1) is 86.4 Å². The number of carbonyl (C=O) groups excluding carboxylic acids is 1. The summed E-state index contributed by atoms with van der Waals surface area (Å²) < 4.78 is 103. The Morgan fingerprint density at radius 3 is 0.929 bits per heavy atom. The SMILES string of the molecule is C1COCCN1.CN1CCC(c2nc(-c3cn(S(=O)(=O)c4ccccc4)c4ncc(C5CCC(=O)CC5)cc34)cs2)CC1.CN1CCC(c2nc(-c3cn(S(=O)(=O)c4ccccc4)c4ncc(C5CCC(N6CCOCC6)CC5)cc34)cs2)CC1.CN1CCC(c2nc(-c3cn(S(=O)(=O)c4ccccc4)c4ncc(C5CCC(N6CCOCC6)CC5)cc34)cs2)CC1. The Morgan fingerprint density at radius 1 is 0.354 bits per heavy atom. The van der Waals surface area contributed by atoms with Crippen molar-refractivity contribution in [2.45, 2.75) is 178 Å². The van der Waals surface area contributed by atoms with Crippen LogP contribution in [0.2, 0.25) is 0 Å². The van der Waals surface area contributed by atoms with Crippen LogP contribution in [-0.4, -0.2) is 249 Å². The van der Waals surface area contributed by atoms with E-state index in [1.165, 1.54) is 48.7 Å². The molecule has 0 spiro atoms. The third-order valence-corrected chi connectivity index (χ3v) is 35.7. The van der Waals surface area contributed by atoms with Gasteiger partial charge in [0, 0.05) is 168 Å². The Morgan fingerprint density at radius 2 is 0.646 bits per heavy atom. The Hall–Kier alpha value is -8.22. The lowest BCUT2D eigenvalue weighted by Gasteiger charge is -2.38. The van der Waals surface area contributed by atoms with E-state index in [2.05, 4.69) is 84.9 Å². The minimum absolute atomic E-state index is 0.223. The third-order valence-electron chi connectivity index (χ3n) is 27.7. The van der Waals surface area contributed by atoms with Crippen molar-refractivity contribution in [1.29, 1.82) is 0 Å². The van der Waals surface area contributed by atoms with Crippen molar-refractivity contribution in [2.75, 3.05) is 139 Å². The molecule has 15 heterocycles. The average molecular weight is 1830 g/mol. The molecule has 9 aliphatic rings. The first-order valence-electron chi connectivity index (χ1n) is 45.7. The lowest BCUT2D eigenvalue weighted by molar-refractivity contribution is -0.120. The summed E-state index contributed by atoms with van der Waals surface area (Å²) >= 11 is 5.06. The number of ether oxygens (including phenoxy) is 3. The highest BCUT2D eigenvalue weighted by molar-refractivity contribution is 7.90. The molecule has 3 aromatic carbocycles. The van der Waals surface area contributed by atoms with Gasteiger partial charge in [0.25, 0.3) is 30.1 Å². The third kappa shape index (κ3) is 20.2. The monoisotopic (exact) mass is 1830 g/mol. The Balaban J connectivity index is 0.000000125. The number of rotatable bonds is 17. The van der Waals surface area contributed by atoms with Crippen LogP contribution in [0.5, 0.6) is 0 Å². The van der Waals surface area contributed by atoms with E-state index in [-0.39, 0.29) is 20.6 Å². The van der Waals surface area contributed by atoms with E-state index < -0.39 is 30.1 Å². The maximum Gasteiger partial charge on any atom is 0.269 e. The number of nitrogens with one attached hydrogen (secondary N) is 1. The van der Waals surface area contributed by atoms with Gasteiger partial charge in [0.15, 0.2) is 16.9 Å². The van der Waals surface area contributed by atoms with Gasteiger partial charge in [-0.05, 0) is 252 Å². The van der Waals surface area contributed by atoms with Gasteiger partial charge in [0.2, 0.25) is 0 Å². The smallest absolute Gasteiger partial charge is 0.269 e. The van der Waals surface area contributed by atoms with Crippen LogP contribution in [-0.2, 0) is 49.1 Å². The number of ketones is 1. The molecule has 3 aliphatic carbocycles. The highest BCUT2D eigenvalue weighted by Gasteiger charge is 2.36. The topological polar surface area (TPSA) is 268 Å². The number of likely N-dealkylation sites (tertiary alicyclic amines) is 3. The zero-order valence-electron chi connectivity index (χ0n) is 73.0. The molecular formula is C96H117N15O10S6. The minimum atomic E-state index is -3.84. The molecule has 0 amide bonds. The van der Waals surface area contributed by atoms with E-state index in [1.807, 2.05) is 29.9 Å². The maximum atomic E-state index is 13.8. The minimum Gasteiger partial charge on any atom is -0.379 e.